The fourth-order valence-corrected chi connectivity index (χ4v) is 2.68. The van der Waals surface area contributed by atoms with Crippen molar-refractivity contribution in [2.45, 2.75) is 32.9 Å². The van der Waals surface area contributed by atoms with Crippen molar-refractivity contribution in [3.63, 3.8) is 0 Å². The van der Waals surface area contributed by atoms with Gasteiger partial charge in [0.05, 0.1) is 16.3 Å². The second kappa shape index (κ2) is 7.94. The van der Waals surface area contributed by atoms with Gasteiger partial charge in [0.2, 0.25) is 5.91 Å². The van der Waals surface area contributed by atoms with E-state index < -0.39 is 17.6 Å². The maximum absolute atomic E-state index is 13.0. The molecule has 6 nitrogen and oxygen atoms in total. The first kappa shape index (κ1) is 20.0. The molecule has 0 aliphatic heterocycles. The Morgan fingerprint density at radius 3 is 2.50 bits per heavy atom. The van der Waals surface area contributed by atoms with Gasteiger partial charge in [-0.2, -0.15) is 13.2 Å². The molecule has 142 valence electrons. The highest BCUT2D eigenvalue weighted by atomic mass is 35.5. The third kappa shape index (κ3) is 4.46. The molecule has 0 aliphatic carbocycles. The van der Waals surface area contributed by atoms with Crippen LogP contribution >= 0.6 is 11.6 Å². The van der Waals surface area contributed by atoms with E-state index in [1.807, 2.05) is 0 Å². The Labute approximate surface area is 152 Å². The number of fused-ring (bicyclic) bond motifs is 1. The van der Waals surface area contributed by atoms with E-state index in [9.17, 15) is 22.8 Å². The van der Waals surface area contributed by atoms with Gasteiger partial charge in [-0.05, 0) is 18.9 Å². The smallest absolute Gasteiger partial charge is 0.356 e. The summed E-state index contributed by atoms with van der Waals surface area (Å²) in [6.45, 7) is 3.76. The van der Waals surface area contributed by atoms with Crippen molar-refractivity contribution in [2.75, 3.05) is 13.1 Å². The molecule has 0 unspecified atom stereocenters. The summed E-state index contributed by atoms with van der Waals surface area (Å²) in [4.78, 5) is 27.5. The van der Waals surface area contributed by atoms with Gasteiger partial charge in [-0.3, -0.25) is 14.0 Å². The van der Waals surface area contributed by atoms with Crippen LogP contribution < -0.4 is 10.6 Å². The zero-order chi connectivity index (χ0) is 19.5. The van der Waals surface area contributed by atoms with E-state index in [2.05, 4.69) is 15.6 Å². The van der Waals surface area contributed by atoms with Gasteiger partial charge < -0.3 is 10.6 Å². The summed E-state index contributed by atoms with van der Waals surface area (Å²) in [6, 6.07) is 0.790. The van der Waals surface area contributed by atoms with Crippen LogP contribution in [0.15, 0.2) is 12.3 Å². The molecule has 26 heavy (non-hydrogen) atoms. The van der Waals surface area contributed by atoms with E-state index in [1.54, 1.807) is 6.92 Å². The maximum Gasteiger partial charge on any atom is 0.417 e. The molecule has 2 rings (SSSR count). The van der Waals surface area contributed by atoms with E-state index in [1.165, 1.54) is 6.92 Å². The number of amides is 2. The summed E-state index contributed by atoms with van der Waals surface area (Å²) >= 11 is 5.94. The second-order valence-electron chi connectivity index (χ2n) is 5.62. The number of nitrogens with zero attached hydrogens (tertiary/aromatic N) is 2. The summed E-state index contributed by atoms with van der Waals surface area (Å²) < 4.78 is 40.2. The van der Waals surface area contributed by atoms with Crippen molar-refractivity contribution in [1.29, 1.82) is 0 Å². The number of halogens is 4. The lowest BCUT2D eigenvalue weighted by Crippen LogP contribution is -2.30. The predicted octanol–water partition coefficient (Wildman–Crippen LogP) is 2.82. The van der Waals surface area contributed by atoms with Crippen LogP contribution in [0.1, 0.15) is 42.0 Å². The quantitative estimate of drug-likeness (QED) is 0.745. The highest BCUT2D eigenvalue weighted by Gasteiger charge is 2.33. The summed E-state index contributed by atoms with van der Waals surface area (Å²) in [5, 5.41) is 5.03. The number of hydrogen-bond acceptors (Lipinski definition) is 3. The Morgan fingerprint density at radius 2 is 1.92 bits per heavy atom. The molecule has 0 radical (unpaired) electrons. The zero-order valence-corrected chi connectivity index (χ0v) is 15.0. The molecule has 0 atom stereocenters. The van der Waals surface area contributed by atoms with Gasteiger partial charge in [-0.1, -0.05) is 18.5 Å². The molecular formula is C16H18ClF3N4O2. The molecule has 0 fully saturated rings. The zero-order valence-electron chi connectivity index (χ0n) is 14.2. The van der Waals surface area contributed by atoms with Gasteiger partial charge in [0.15, 0.2) is 5.65 Å². The first-order valence-electron chi connectivity index (χ1n) is 7.95. The van der Waals surface area contributed by atoms with E-state index in [0.29, 0.717) is 25.1 Å². The average molecular weight is 391 g/mol. The van der Waals surface area contributed by atoms with E-state index in [4.69, 9.17) is 11.6 Å². The van der Waals surface area contributed by atoms with Gasteiger partial charge >= 0.3 is 6.18 Å². The molecule has 2 N–H and O–H groups in total. The number of aromatic nitrogens is 2. The minimum atomic E-state index is -4.60. The van der Waals surface area contributed by atoms with Crippen LogP contribution in [0.25, 0.3) is 5.65 Å². The Kier molecular flexibility index (Phi) is 6.12. The predicted molar refractivity (Wildman–Crippen MR) is 90.2 cm³/mol. The molecule has 0 spiro atoms. The molecule has 2 amide bonds. The first-order valence-corrected chi connectivity index (χ1v) is 8.33. The lowest BCUT2D eigenvalue weighted by Gasteiger charge is -2.10. The number of aryl methyl sites for hydroxylation is 1. The molecule has 2 aromatic rings. The van der Waals surface area contributed by atoms with Crippen molar-refractivity contribution in [1.82, 2.24) is 20.0 Å². The average Bonchev–Trinajstić information content (AvgIpc) is 2.92. The topological polar surface area (TPSA) is 75.5 Å². The van der Waals surface area contributed by atoms with Gasteiger partial charge in [0.25, 0.3) is 5.91 Å². The van der Waals surface area contributed by atoms with Crippen LogP contribution in [0.5, 0.6) is 0 Å². The fourth-order valence-electron chi connectivity index (χ4n) is 2.43. The molecule has 0 saturated heterocycles. The number of rotatable bonds is 6. The summed E-state index contributed by atoms with van der Waals surface area (Å²) in [5.74, 6) is -0.728. The normalized spacial score (nSPS) is 11.6. The third-order valence-electron chi connectivity index (χ3n) is 3.64. The lowest BCUT2D eigenvalue weighted by atomic mass is 10.2. The minimum Gasteiger partial charge on any atom is -0.356 e. The van der Waals surface area contributed by atoms with E-state index in [0.717, 1.165) is 16.7 Å². The highest BCUT2D eigenvalue weighted by molar-refractivity contribution is 6.33. The molecule has 2 aromatic heterocycles. The number of alkyl halides is 3. The van der Waals surface area contributed by atoms with Crippen molar-refractivity contribution in [3.05, 3.63) is 34.2 Å². The number of imidazole rings is 1. The highest BCUT2D eigenvalue weighted by Crippen LogP contribution is 2.33. The number of hydrogen-bond donors (Lipinski definition) is 2. The summed E-state index contributed by atoms with van der Waals surface area (Å²) in [6.07, 6.45) is -2.94. The van der Waals surface area contributed by atoms with Crippen LogP contribution in [0.4, 0.5) is 13.2 Å². The number of carbonyl (C=O) groups is 2. The van der Waals surface area contributed by atoms with Crippen LogP contribution in [-0.2, 0) is 17.4 Å². The van der Waals surface area contributed by atoms with Crippen molar-refractivity contribution in [3.8, 4) is 0 Å². The van der Waals surface area contributed by atoms with Crippen molar-refractivity contribution >= 4 is 29.1 Å². The van der Waals surface area contributed by atoms with E-state index >= 15 is 0 Å². The Balaban J connectivity index is 2.31. The first-order chi connectivity index (χ1) is 12.1. The molecule has 0 bridgehead atoms. The Morgan fingerprint density at radius 1 is 1.27 bits per heavy atom. The standard InChI is InChI=1S/C16H18ClF3N4O2/c1-3-12-13(15(26)22-6-4-5-21-9(2)25)24-8-10(16(18,19)20)7-11(17)14(24)23-12/h7-8H,3-6H2,1-2H3,(H,21,25)(H,22,26). The van der Waals surface area contributed by atoms with Gasteiger partial charge in [0.1, 0.15) is 5.69 Å². The summed E-state index contributed by atoms with van der Waals surface area (Å²) in [5.41, 5.74) is -0.490. The molecule has 0 aliphatic rings. The number of nitrogens with one attached hydrogen (secondary N) is 2. The largest absolute Gasteiger partial charge is 0.417 e. The van der Waals surface area contributed by atoms with Gasteiger partial charge in [-0.15, -0.1) is 0 Å². The number of pyridine rings is 1. The van der Waals surface area contributed by atoms with Gasteiger partial charge in [0, 0.05) is 26.2 Å². The molecule has 0 saturated carbocycles. The number of carbonyl (C=O) groups excluding carboxylic acids is 2. The van der Waals surface area contributed by atoms with Crippen LogP contribution in [0, 0.1) is 0 Å². The van der Waals surface area contributed by atoms with Gasteiger partial charge in [-0.25, -0.2) is 4.98 Å². The lowest BCUT2D eigenvalue weighted by molar-refractivity contribution is -0.137. The third-order valence-corrected chi connectivity index (χ3v) is 3.92. The van der Waals surface area contributed by atoms with Crippen LogP contribution in [0.2, 0.25) is 5.02 Å². The van der Waals surface area contributed by atoms with Crippen LogP contribution in [-0.4, -0.2) is 34.3 Å². The molecular weight excluding hydrogens is 373 g/mol. The van der Waals surface area contributed by atoms with Crippen molar-refractivity contribution in [2.24, 2.45) is 0 Å². The van der Waals surface area contributed by atoms with E-state index in [-0.39, 0.29) is 28.8 Å². The maximum atomic E-state index is 13.0. The Hall–Kier alpha value is -2.29. The molecule has 2 heterocycles. The Bertz CT molecular complexity index is 833. The molecule has 0 aromatic carbocycles. The monoisotopic (exact) mass is 390 g/mol. The SMILES string of the molecule is CCc1nc2c(Cl)cc(C(F)(F)F)cn2c1C(=O)NCCCNC(C)=O. The summed E-state index contributed by atoms with van der Waals surface area (Å²) in [7, 11) is 0. The van der Waals surface area contributed by atoms with Crippen molar-refractivity contribution < 1.29 is 22.8 Å². The second-order valence-corrected chi connectivity index (χ2v) is 6.03. The minimum absolute atomic E-state index is 0.0232. The fraction of sp³-hybridized carbons (Fsp3) is 0.438. The van der Waals surface area contributed by atoms with Crippen LogP contribution in [0.3, 0.4) is 0 Å². The molecule has 10 heteroatoms.